The van der Waals surface area contributed by atoms with Crippen molar-refractivity contribution >= 4 is 29.0 Å². The Bertz CT molecular complexity index is 944. The van der Waals surface area contributed by atoms with Gasteiger partial charge in [0.05, 0.1) is 21.8 Å². The number of benzene rings is 1. The maximum absolute atomic E-state index is 12.9. The van der Waals surface area contributed by atoms with Gasteiger partial charge in [-0.15, -0.1) is 0 Å². The minimum Gasteiger partial charge on any atom is -0.455 e. The molecule has 0 fully saturated rings. The summed E-state index contributed by atoms with van der Waals surface area (Å²) in [5.74, 6) is -0.541. The lowest BCUT2D eigenvalue weighted by Crippen LogP contribution is -2.26. The summed E-state index contributed by atoms with van der Waals surface area (Å²) >= 11 is 5.91. The summed E-state index contributed by atoms with van der Waals surface area (Å²) in [4.78, 5) is 25.0. The van der Waals surface area contributed by atoms with Gasteiger partial charge in [-0.05, 0) is 30.5 Å². The summed E-state index contributed by atoms with van der Waals surface area (Å²) in [6.07, 6.45) is -3.74. The first-order valence-electron chi connectivity index (χ1n) is 8.22. The number of hydrogen-bond acceptors (Lipinski definition) is 3. The van der Waals surface area contributed by atoms with Gasteiger partial charge in [0.2, 0.25) is 0 Å². The molecule has 144 valence electrons. The number of nitrogens with one attached hydrogen (secondary N) is 1. The van der Waals surface area contributed by atoms with Crippen molar-refractivity contribution in [3.8, 4) is 0 Å². The third kappa shape index (κ3) is 3.74. The number of halogens is 4. The molecule has 0 saturated heterocycles. The molecule has 0 bridgehead atoms. The Morgan fingerprint density at radius 3 is 2.56 bits per heavy atom. The molecule has 4 nitrogen and oxygen atoms in total. The summed E-state index contributed by atoms with van der Waals surface area (Å²) in [6.45, 7) is 5.43. The van der Waals surface area contributed by atoms with Gasteiger partial charge in [0.15, 0.2) is 11.5 Å². The minimum atomic E-state index is -4.57. The second-order valence-electron chi connectivity index (χ2n) is 7.44. The predicted octanol–water partition coefficient (Wildman–Crippen LogP) is 5.67. The van der Waals surface area contributed by atoms with Crippen LogP contribution in [0.2, 0.25) is 5.02 Å². The van der Waals surface area contributed by atoms with Crippen LogP contribution in [0.3, 0.4) is 0 Å². The van der Waals surface area contributed by atoms with Gasteiger partial charge < -0.3 is 9.73 Å². The lowest BCUT2D eigenvalue weighted by Gasteiger charge is -2.27. The maximum atomic E-state index is 12.9. The smallest absolute Gasteiger partial charge is 0.416 e. The van der Waals surface area contributed by atoms with Gasteiger partial charge in [-0.1, -0.05) is 25.4 Å². The fraction of sp³-hybridized carbons (Fsp3) is 0.368. The lowest BCUT2D eigenvalue weighted by molar-refractivity contribution is -0.137. The predicted molar refractivity (Wildman–Crippen MR) is 94.3 cm³/mol. The van der Waals surface area contributed by atoms with Crippen molar-refractivity contribution in [3.05, 3.63) is 51.4 Å². The van der Waals surface area contributed by atoms with Crippen LogP contribution in [0.1, 0.15) is 58.1 Å². The zero-order valence-corrected chi connectivity index (χ0v) is 15.6. The number of carbonyl (C=O) groups excluding carboxylic acids is 2. The van der Waals surface area contributed by atoms with Gasteiger partial charge in [-0.25, -0.2) is 0 Å². The van der Waals surface area contributed by atoms with Gasteiger partial charge in [-0.2, -0.15) is 13.2 Å². The molecule has 1 N–H and O–H groups in total. The van der Waals surface area contributed by atoms with E-state index >= 15 is 0 Å². The summed E-state index contributed by atoms with van der Waals surface area (Å²) in [5.41, 5.74) is -0.640. The number of hydrogen-bond donors (Lipinski definition) is 1. The van der Waals surface area contributed by atoms with Gasteiger partial charge in [0.25, 0.3) is 5.91 Å². The Labute approximate surface area is 158 Å². The van der Waals surface area contributed by atoms with Gasteiger partial charge in [-0.3, -0.25) is 9.59 Å². The fourth-order valence-corrected chi connectivity index (χ4v) is 3.44. The molecule has 0 radical (unpaired) electrons. The Hall–Kier alpha value is -2.28. The van der Waals surface area contributed by atoms with E-state index in [1.807, 2.05) is 13.8 Å². The first kappa shape index (κ1) is 19.5. The number of rotatable bonds is 2. The first-order chi connectivity index (χ1) is 12.4. The Balaban J connectivity index is 1.94. The average molecular weight is 400 g/mol. The van der Waals surface area contributed by atoms with Crippen LogP contribution in [0.5, 0.6) is 0 Å². The molecule has 1 aliphatic rings. The van der Waals surface area contributed by atoms with Crippen molar-refractivity contribution < 1.29 is 27.2 Å². The molecule has 2 aromatic rings. The van der Waals surface area contributed by atoms with Crippen LogP contribution < -0.4 is 5.32 Å². The highest BCUT2D eigenvalue weighted by Gasteiger charge is 2.37. The van der Waals surface area contributed by atoms with E-state index in [-0.39, 0.29) is 27.7 Å². The molecular formula is C19H17ClF3NO3. The van der Waals surface area contributed by atoms with Crippen LogP contribution in [0.25, 0.3) is 0 Å². The Morgan fingerprint density at radius 2 is 1.93 bits per heavy atom. The van der Waals surface area contributed by atoms with Crippen molar-refractivity contribution in [1.29, 1.82) is 0 Å². The SMILES string of the molecule is Cc1c(C(=O)Nc2cc(C(F)(F)F)ccc2Cl)oc2c1C(=O)CC(C)(C)C2. The molecule has 1 amide bonds. The third-order valence-electron chi connectivity index (χ3n) is 4.52. The van der Waals surface area contributed by atoms with Crippen molar-refractivity contribution in [2.24, 2.45) is 5.41 Å². The molecule has 1 heterocycles. The molecule has 8 heteroatoms. The van der Waals surface area contributed by atoms with Crippen LogP contribution in [0, 0.1) is 12.3 Å². The van der Waals surface area contributed by atoms with E-state index in [1.54, 1.807) is 6.92 Å². The molecule has 1 aliphatic carbocycles. The highest BCUT2D eigenvalue weighted by molar-refractivity contribution is 6.34. The largest absolute Gasteiger partial charge is 0.455 e. The summed E-state index contributed by atoms with van der Waals surface area (Å²) in [6, 6.07) is 2.65. The molecule has 0 atom stereocenters. The Kier molecular flexibility index (Phi) is 4.62. The highest BCUT2D eigenvalue weighted by Crippen LogP contribution is 2.39. The number of fused-ring (bicyclic) bond motifs is 1. The summed E-state index contributed by atoms with van der Waals surface area (Å²) < 4.78 is 44.3. The van der Waals surface area contributed by atoms with Crippen LogP contribution in [0.15, 0.2) is 22.6 Å². The van der Waals surface area contributed by atoms with E-state index in [2.05, 4.69) is 5.32 Å². The molecule has 0 saturated carbocycles. The topological polar surface area (TPSA) is 59.3 Å². The van der Waals surface area contributed by atoms with E-state index in [0.29, 0.717) is 29.7 Å². The number of amides is 1. The van der Waals surface area contributed by atoms with Crippen molar-refractivity contribution in [2.75, 3.05) is 5.32 Å². The summed E-state index contributed by atoms with van der Waals surface area (Å²) in [7, 11) is 0. The fourth-order valence-electron chi connectivity index (χ4n) is 3.28. The molecule has 0 aliphatic heterocycles. The molecule has 27 heavy (non-hydrogen) atoms. The normalized spacial score (nSPS) is 16.2. The standard InChI is InChI=1S/C19H17ClF3NO3/c1-9-15-13(25)7-18(2,3)8-14(15)27-16(9)17(26)24-12-6-10(19(21,22)23)4-5-11(12)20/h4-6H,7-8H2,1-3H3,(H,24,26). The lowest BCUT2D eigenvalue weighted by atomic mass is 9.76. The van der Waals surface area contributed by atoms with Crippen molar-refractivity contribution in [3.63, 3.8) is 0 Å². The quantitative estimate of drug-likeness (QED) is 0.708. The number of furan rings is 1. The second-order valence-corrected chi connectivity index (χ2v) is 7.85. The summed E-state index contributed by atoms with van der Waals surface area (Å²) in [5, 5.41) is 2.31. The third-order valence-corrected chi connectivity index (χ3v) is 4.85. The van der Waals surface area contributed by atoms with E-state index in [1.165, 1.54) is 0 Å². The van der Waals surface area contributed by atoms with Crippen LogP contribution in [-0.2, 0) is 12.6 Å². The molecule has 0 spiro atoms. The number of Topliss-reactive ketones (excluding diaryl/α,β-unsaturated/α-hetero) is 1. The van der Waals surface area contributed by atoms with E-state index in [0.717, 1.165) is 18.2 Å². The van der Waals surface area contributed by atoms with Crippen molar-refractivity contribution in [1.82, 2.24) is 0 Å². The van der Waals surface area contributed by atoms with Gasteiger partial charge in [0.1, 0.15) is 5.76 Å². The number of carbonyl (C=O) groups is 2. The average Bonchev–Trinajstić information content (AvgIpc) is 2.83. The van der Waals surface area contributed by atoms with E-state index < -0.39 is 17.6 Å². The zero-order chi connectivity index (χ0) is 20.1. The highest BCUT2D eigenvalue weighted by atomic mass is 35.5. The van der Waals surface area contributed by atoms with Crippen LogP contribution in [0.4, 0.5) is 18.9 Å². The maximum Gasteiger partial charge on any atom is 0.416 e. The molecule has 3 rings (SSSR count). The van der Waals surface area contributed by atoms with Crippen molar-refractivity contribution in [2.45, 2.75) is 39.8 Å². The molecule has 0 unspecified atom stereocenters. The number of alkyl halides is 3. The monoisotopic (exact) mass is 399 g/mol. The minimum absolute atomic E-state index is 0.0393. The second kappa shape index (κ2) is 6.41. The molecular weight excluding hydrogens is 383 g/mol. The van der Waals surface area contributed by atoms with E-state index in [9.17, 15) is 22.8 Å². The number of ketones is 1. The molecule has 1 aromatic carbocycles. The van der Waals surface area contributed by atoms with Crippen LogP contribution >= 0.6 is 11.6 Å². The zero-order valence-electron chi connectivity index (χ0n) is 14.9. The van der Waals surface area contributed by atoms with E-state index in [4.69, 9.17) is 16.0 Å². The first-order valence-corrected chi connectivity index (χ1v) is 8.60. The Morgan fingerprint density at radius 1 is 1.26 bits per heavy atom. The number of anilines is 1. The van der Waals surface area contributed by atoms with Crippen LogP contribution in [-0.4, -0.2) is 11.7 Å². The van der Waals surface area contributed by atoms with Gasteiger partial charge >= 0.3 is 6.18 Å². The molecule has 1 aromatic heterocycles. The van der Waals surface area contributed by atoms with Gasteiger partial charge in [0, 0.05) is 18.4 Å².